The van der Waals surface area contributed by atoms with Crippen LogP contribution in [0.25, 0.3) is 0 Å². The number of nitrogens with zero attached hydrogens (tertiary/aromatic N) is 2. The van der Waals surface area contributed by atoms with Gasteiger partial charge in [-0.3, -0.25) is 9.48 Å². The predicted octanol–water partition coefficient (Wildman–Crippen LogP) is 3.09. The largest absolute Gasteiger partial charge is 0.476 e. The summed E-state index contributed by atoms with van der Waals surface area (Å²) in [7, 11) is 0. The summed E-state index contributed by atoms with van der Waals surface area (Å²) < 4.78 is 1.25. The van der Waals surface area contributed by atoms with Crippen LogP contribution in [-0.4, -0.2) is 26.8 Å². The standard InChI is InChI=1S/C13H11Cl2N3O3/c1-7(18-6-5-10(17-18)13(20)21)12(19)16-11-8(14)3-2-4-9(11)15/h2-7H,1H3,(H,16,19)(H,20,21)/t7-/m0/s1. The first kappa shape index (κ1) is 15.3. The minimum absolute atomic E-state index is 0.134. The Kier molecular flexibility index (Phi) is 4.50. The summed E-state index contributed by atoms with van der Waals surface area (Å²) in [5.41, 5.74) is 0.175. The summed E-state index contributed by atoms with van der Waals surface area (Å²) in [5, 5.41) is 15.9. The maximum Gasteiger partial charge on any atom is 0.356 e. The molecule has 1 heterocycles. The molecular weight excluding hydrogens is 317 g/mol. The number of aromatic nitrogens is 2. The fraction of sp³-hybridized carbons (Fsp3) is 0.154. The number of amides is 1. The molecule has 2 aromatic rings. The summed E-state index contributed by atoms with van der Waals surface area (Å²) in [5.74, 6) is -1.57. The second kappa shape index (κ2) is 6.15. The van der Waals surface area contributed by atoms with E-state index in [1.54, 1.807) is 25.1 Å². The van der Waals surface area contributed by atoms with Crippen LogP contribution in [-0.2, 0) is 4.79 Å². The molecule has 110 valence electrons. The van der Waals surface area contributed by atoms with Gasteiger partial charge < -0.3 is 10.4 Å². The van der Waals surface area contributed by atoms with Gasteiger partial charge >= 0.3 is 5.97 Å². The first-order valence-corrected chi connectivity index (χ1v) is 6.69. The van der Waals surface area contributed by atoms with Crippen LogP contribution in [0, 0.1) is 0 Å². The van der Waals surface area contributed by atoms with Gasteiger partial charge in [-0.1, -0.05) is 29.3 Å². The molecule has 0 fully saturated rings. The maximum absolute atomic E-state index is 12.2. The summed E-state index contributed by atoms with van der Waals surface area (Å²) >= 11 is 11.9. The number of carbonyl (C=O) groups is 2. The van der Waals surface area contributed by atoms with Crippen molar-refractivity contribution < 1.29 is 14.7 Å². The smallest absolute Gasteiger partial charge is 0.356 e. The highest BCUT2D eigenvalue weighted by atomic mass is 35.5. The molecule has 0 spiro atoms. The highest BCUT2D eigenvalue weighted by Crippen LogP contribution is 2.30. The van der Waals surface area contributed by atoms with E-state index in [1.807, 2.05) is 0 Å². The molecule has 0 saturated heterocycles. The van der Waals surface area contributed by atoms with E-state index in [1.165, 1.54) is 16.9 Å². The molecule has 8 heteroatoms. The van der Waals surface area contributed by atoms with Crippen molar-refractivity contribution in [1.29, 1.82) is 0 Å². The van der Waals surface area contributed by atoms with Crippen LogP contribution in [0.15, 0.2) is 30.5 Å². The molecule has 1 aromatic heterocycles. The third-order valence-electron chi connectivity index (χ3n) is 2.81. The number of hydrogen-bond donors (Lipinski definition) is 2. The van der Waals surface area contributed by atoms with Gasteiger partial charge in [-0.2, -0.15) is 5.10 Å². The van der Waals surface area contributed by atoms with Gasteiger partial charge in [-0.25, -0.2) is 4.79 Å². The zero-order chi connectivity index (χ0) is 15.6. The molecule has 0 unspecified atom stereocenters. The SMILES string of the molecule is C[C@@H](C(=O)Nc1c(Cl)cccc1Cl)n1ccc(C(=O)O)n1. The molecule has 0 saturated carbocycles. The minimum Gasteiger partial charge on any atom is -0.476 e. The number of carbonyl (C=O) groups excluding carboxylic acids is 1. The summed E-state index contributed by atoms with van der Waals surface area (Å²) in [6.45, 7) is 1.58. The number of benzene rings is 1. The monoisotopic (exact) mass is 327 g/mol. The van der Waals surface area contributed by atoms with Crippen molar-refractivity contribution in [3.8, 4) is 0 Å². The molecule has 1 aromatic carbocycles. The van der Waals surface area contributed by atoms with Gasteiger partial charge in [0, 0.05) is 6.20 Å². The van der Waals surface area contributed by atoms with E-state index in [0.717, 1.165) is 0 Å². The zero-order valence-electron chi connectivity index (χ0n) is 10.9. The van der Waals surface area contributed by atoms with E-state index in [9.17, 15) is 9.59 Å². The fourth-order valence-corrected chi connectivity index (χ4v) is 2.12. The predicted molar refractivity (Wildman–Crippen MR) is 79.0 cm³/mol. The van der Waals surface area contributed by atoms with Gasteiger partial charge in [0.05, 0.1) is 15.7 Å². The van der Waals surface area contributed by atoms with Gasteiger partial charge in [-0.05, 0) is 25.1 Å². The van der Waals surface area contributed by atoms with E-state index >= 15 is 0 Å². The quantitative estimate of drug-likeness (QED) is 0.903. The number of hydrogen-bond acceptors (Lipinski definition) is 3. The molecule has 1 amide bonds. The number of anilines is 1. The van der Waals surface area contributed by atoms with Crippen LogP contribution in [0.3, 0.4) is 0 Å². The summed E-state index contributed by atoms with van der Waals surface area (Å²) in [4.78, 5) is 22.9. The van der Waals surface area contributed by atoms with E-state index in [0.29, 0.717) is 15.7 Å². The number of nitrogens with one attached hydrogen (secondary N) is 1. The fourth-order valence-electron chi connectivity index (χ4n) is 1.63. The van der Waals surface area contributed by atoms with Gasteiger partial charge in [0.2, 0.25) is 5.91 Å². The second-order valence-corrected chi connectivity index (χ2v) is 5.06. The topological polar surface area (TPSA) is 84.2 Å². The van der Waals surface area contributed by atoms with Crippen molar-refractivity contribution in [1.82, 2.24) is 9.78 Å². The lowest BCUT2D eigenvalue weighted by Crippen LogP contribution is -2.24. The summed E-state index contributed by atoms with van der Waals surface area (Å²) in [6.07, 6.45) is 1.42. The Hall–Kier alpha value is -2.05. The normalized spacial score (nSPS) is 12.0. The first-order valence-electron chi connectivity index (χ1n) is 5.93. The molecular formula is C13H11Cl2N3O3. The van der Waals surface area contributed by atoms with Gasteiger partial charge in [0.15, 0.2) is 5.69 Å². The van der Waals surface area contributed by atoms with E-state index in [4.69, 9.17) is 28.3 Å². The van der Waals surface area contributed by atoms with Crippen molar-refractivity contribution in [3.05, 3.63) is 46.2 Å². The third kappa shape index (κ3) is 3.34. The molecule has 1 atom stereocenters. The Morgan fingerprint density at radius 3 is 2.43 bits per heavy atom. The Morgan fingerprint density at radius 1 is 1.29 bits per heavy atom. The van der Waals surface area contributed by atoms with E-state index in [2.05, 4.69) is 10.4 Å². The first-order chi connectivity index (χ1) is 9.90. The number of carboxylic acids is 1. The number of carboxylic acid groups (broad SMARTS) is 1. The third-order valence-corrected chi connectivity index (χ3v) is 3.44. The van der Waals surface area contributed by atoms with Gasteiger partial charge in [-0.15, -0.1) is 0 Å². The van der Waals surface area contributed by atoms with Crippen LogP contribution in [0.2, 0.25) is 10.0 Å². The Morgan fingerprint density at radius 2 is 1.90 bits per heavy atom. The minimum atomic E-state index is -1.16. The van der Waals surface area contributed by atoms with Crippen LogP contribution in [0.5, 0.6) is 0 Å². The van der Waals surface area contributed by atoms with Crippen LogP contribution >= 0.6 is 23.2 Å². The van der Waals surface area contributed by atoms with Gasteiger partial charge in [0.25, 0.3) is 0 Å². The van der Waals surface area contributed by atoms with Crippen molar-refractivity contribution in [2.45, 2.75) is 13.0 Å². The number of rotatable bonds is 4. The molecule has 2 rings (SSSR count). The highest BCUT2D eigenvalue weighted by Gasteiger charge is 2.19. The van der Waals surface area contributed by atoms with Crippen molar-refractivity contribution in [2.24, 2.45) is 0 Å². The molecule has 0 aliphatic heterocycles. The highest BCUT2D eigenvalue weighted by molar-refractivity contribution is 6.39. The number of halogens is 2. The lowest BCUT2D eigenvalue weighted by molar-refractivity contribution is -0.119. The molecule has 21 heavy (non-hydrogen) atoms. The van der Waals surface area contributed by atoms with Crippen molar-refractivity contribution >= 4 is 40.8 Å². The maximum atomic E-state index is 12.2. The molecule has 0 aliphatic rings. The van der Waals surface area contributed by atoms with Crippen LogP contribution in [0.4, 0.5) is 5.69 Å². The Labute approximate surface area is 130 Å². The van der Waals surface area contributed by atoms with E-state index < -0.39 is 17.9 Å². The number of aromatic carboxylic acids is 1. The number of para-hydroxylation sites is 1. The van der Waals surface area contributed by atoms with Crippen LogP contribution < -0.4 is 5.32 Å². The zero-order valence-corrected chi connectivity index (χ0v) is 12.4. The lowest BCUT2D eigenvalue weighted by Gasteiger charge is -2.14. The lowest BCUT2D eigenvalue weighted by atomic mass is 10.2. The summed E-state index contributed by atoms with van der Waals surface area (Å²) in [6, 6.07) is 5.46. The van der Waals surface area contributed by atoms with Crippen molar-refractivity contribution in [2.75, 3.05) is 5.32 Å². The van der Waals surface area contributed by atoms with E-state index in [-0.39, 0.29) is 5.69 Å². The molecule has 6 nitrogen and oxygen atoms in total. The van der Waals surface area contributed by atoms with Gasteiger partial charge in [0.1, 0.15) is 6.04 Å². The average Bonchev–Trinajstić information content (AvgIpc) is 2.92. The average molecular weight is 328 g/mol. The molecule has 0 aliphatic carbocycles. The molecule has 0 bridgehead atoms. The Balaban J connectivity index is 2.17. The Bertz CT molecular complexity index is 679. The van der Waals surface area contributed by atoms with Crippen molar-refractivity contribution in [3.63, 3.8) is 0 Å². The molecule has 0 radical (unpaired) electrons. The second-order valence-electron chi connectivity index (χ2n) is 4.25. The molecule has 2 N–H and O–H groups in total. The van der Waals surface area contributed by atoms with Crippen LogP contribution in [0.1, 0.15) is 23.5 Å².